The van der Waals surface area contributed by atoms with Gasteiger partial charge in [-0.2, -0.15) is 0 Å². The van der Waals surface area contributed by atoms with Crippen molar-refractivity contribution < 1.29 is 12.8 Å². The molecular formula is C12H17N3O3S2. The smallest absolute Gasteiger partial charge is 0.275 e. The highest BCUT2D eigenvalue weighted by atomic mass is 32.2. The Morgan fingerprint density at radius 1 is 1.35 bits per heavy atom. The van der Waals surface area contributed by atoms with E-state index in [4.69, 9.17) is 4.42 Å². The van der Waals surface area contributed by atoms with E-state index in [1.165, 1.54) is 20.2 Å². The van der Waals surface area contributed by atoms with Crippen LogP contribution in [0.4, 0.5) is 0 Å². The molecule has 0 radical (unpaired) electrons. The number of rotatable bonds is 6. The zero-order valence-corrected chi connectivity index (χ0v) is 13.2. The Balaban J connectivity index is 1.96. The molecule has 20 heavy (non-hydrogen) atoms. The Morgan fingerprint density at radius 2 is 2.10 bits per heavy atom. The predicted molar refractivity (Wildman–Crippen MR) is 77.0 cm³/mol. The summed E-state index contributed by atoms with van der Waals surface area (Å²) in [6.07, 6.45) is 0. The van der Waals surface area contributed by atoms with Crippen molar-refractivity contribution in [1.29, 1.82) is 0 Å². The average molecular weight is 315 g/mol. The molecule has 0 aliphatic carbocycles. The normalized spacial score (nSPS) is 12.2. The first-order valence-electron chi connectivity index (χ1n) is 6.02. The van der Waals surface area contributed by atoms with Crippen molar-refractivity contribution in [2.24, 2.45) is 0 Å². The van der Waals surface area contributed by atoms with Gasteiger partial charge in [0.05, 0.1) is 17.7 Å². The molecule has 0 fully saturated rings. The van der Waals surface area contributed by atoms with Crippen LogP contribution >= 0.6 is 11.3 Å². The number of aromatic nitrogens is 1. The predicted octanol–water partition coefficient (Wildman–Crippen LogP) is 1.58. The van der Waals surface area contributed by atoms with E-state index in [9.17, 15) is 8.42 Å². The van der Waals surface area contributed by atoms with Crippen molar-refractivity contribution in [1.82, 2.24) is 14.6 Å². The zero-order chi connectivity index (χ0) is 14.8. The molecule has 0 saturated heterocycles. The van der Waals surface area contributed by atoms with Crippen molar-refractivity contribution in [3.63, 3.8) is 0 Å². The third-order valence-electron chi connectivity index (χ3n) is 2.80. The highest BCUT2D eigenvalue weighted by molar-refractivity contribution is 7.88. The maximum Gasteiger partial charge on any atom is 0.275 e. The first kappa shape index (κ1) is 15.2. The lowest BCUT2D eigenvalue weighted by molar-refractivity contribution is 0.389. The van der Waals surface area contributed by atoms with Crippen LogP contribution in [0.25, 0.3) is 0 Å². The largest absolute Gasteiger partial charge is 0.447 e. The van der Waals surface area contributed by atoms with Crippen LogP contribution in [0.2, 0.25) is 0 Å². The van der Waals surface area contributed by atoms with Crippen LogP contribution in [0.1, 0.15) is 16.3 Å². The number of nitrogens with zero attached hydrogens (tertiary/aromatic N) is 2. The van der Waals surface area contributed by atoms with Crippen LogP contribution in [0, 0.1) is 6.92 Å². The van der Waals surface area contributed by atoms with Crippen LogP contribution in [-0.4, -0.2) is 31.8 Å². The number of nitrogens with one attached hydrogen (secondary N) is 1. The van der Waals surface area contributed by atoms with Crippen LogP contribution in [0.15, 0.2) is 27.2 Å². The van der Waals surface area contributed by atoms with Gasteiger partial charge in [-0.3, -0.25) is 0 Å². The first-order valence-corrected chi connectivity index (χ1v) is 8.34. The fourth-order valence-electron chi connectivity index (χ4n) is 1.57. The lowest BCUT2D eigenvalue weighted by atomic mass is 10.4. The highest BCUT2D eigenvalue weighted by Crippen LogP contribution is 2.17. The average Bonchev–Trinajstić information content (AvgIpc) is 2.99. The van der Waals surface area contributed by atoms with E-state index in [2.05, 4.69) is 10.3 Å². The molecule has 0 aliphatic rings. The summed E-state index contributed by atoms with van der Waals surface area (Å²) < 4.78 is 30.2. The Morgan fingerprint density at radius 3 is 2.70 bits per heavy atom. The summed E-state index contributed by atoms with van der Waals surface area (Å²) in [6.45, 7) is 3.12. The van der Waals surface area contributed by atoms with Crippen molar-refractivity contribution in [2.75, 3.05) is 14.1 Å². The number of sulfonamides is 1. The van der Waals surface area contributed by atoms with Crippen LogP contribution in [0.3, 0.4) is 0 Å². The van der Waals surface area contributed by atoms with Gasteiger partial charge in [0.2, 0.25) is 5.09 Å². The van der Waals surface area contributed by atoms with Gasteiger partial charge >= 0.3 is 0 Å². The van der Waals surface area contributed by atoms with E-state index in [1.807, 2.05) is 6.92 Å². The molecule has 2 aromatic heterocycles. The van der Waals surface area contributed by atoms with Crippen LogP contribution < -0.4 is 5.32 Å². The number of hydrogen-bond donors (Lipinski definition) is 1. The first-order chi connectivity index (χ1) is 9.41. The molecule has 0 bridgehead atoms. The zero-order valence-electron chi connectivity index (χ0n) is 11.6. The molecule has 2 heterocycles. The molecule has 2 rings (SSSR count). The minimum atomic E-state index is -3.50. The summed E-state index contributed by atoms with van der Waals surface area (Å²) in [5.41, 5.74) is 2.82. The highest BCUT2D eigenvalue weighted by Gasteiger charge is 2.21. The lowest BCUT2D eigenvalue weighted by Crippen LogP contribution is -2.21. The Labute approximate surface area is 122 Å². The van der Waals surface area contributed by atoms with Gasteiger partial charge in [0.25, 0.3) is 10.0 Å². The molecule has 0 saturated carbocycles. The van der Waals surface area contributed by atoms with Crippen molar-refractivity contribution in [3.05, 3.63) is 34.0 Å². The molecular weight excluding hydrogens is 298 g/mol. The SMILES string of the molecule is Cc1ncsc1CNCc1ccc(S(=O)(=O)N(C)C)o1. The number of aryl methyl sites for hydroxylation is 1. The lowest BCUT2D eigenvalue weighted by Gasteiger charge is -2.07. The summed E-state index contributed by atoms with van der Waals surface area (Å²) in [5.74, 6) is 0.590. The minimum absolute atomic E-state index is 0.0340. The van der Waals surface area contributed by atoms with Crippen molar-refractivity contribution >= 4 is 21.4 Å². The molecule has 110 valence electrons. The molecule has 6 nitrogen and oxygen atoms in total. The topological polar surface area (TPSA) is 75.4 Å². The third-order valence-corrected chi connectivity index (χ3v) is 5.43. The van der Waals surface area contributed by atoms with E-state index in [-0.39, 0.29) is 5.09 Å². The Hall–Kier alpha value is -1.22. The standard InChI is InChI=1S/C12H17N3O3S2/c1-9-11(19-8-14-9)7-13-6-10-4-5-12(18-10)20(16,17)15(2)3/h4-5,8,13H,6-7H2,1-3H3. The summed E-state index contributed by atoms with van der Waals surface area (Å²) in [6, 6.07) is 3.15. The number of thiazole rings is 1. The van der Waals surface area contributed by atoms with E-state index in [0.717, 1.165) is 14.9 Å². The molecule has 0 atom stereocenters. The van der Waals surface area contributed by atoms with Crippen LogP contribution in [0.5, 0.6) is 0 Å². The Bertz CT molecular complexity index is 674. The van der Waals surface area contributed by atoms with Gasteiger partial charge in [-0.25, -0.2) is 17.7 Å². The van der Waals surface area contributed by atoms with Crippen molar-refractivity contribution in [2.45, 2.75) is 25.1 Å². The fourth-order valence-corrected chi connectivity index (χ4v) is 3.13. The molecule has 2 aromatic rings. The fraction of sp³-hybridized carbons (Fsp3) is 0.417. The van der Waals surface area contributed by atoms with Gasteiger partial charge in [-0.1, -0.05) is 0 Å². The summed E-state index contributed by atoms with van der Waals surface area (Å²) in [4.78, 5) is 5.33. The molecule has 8 heteroatoms. The third kappa shape index (κ3) is 3.26. The second-order valence-corrected chi connectivity index (χ2v) is 7.49. The van der Waals surface area contributed by atoms with Gasteiger partial charge in [0.15, 0.2) is 0 Å². The second kappa shape index (κ2) is 6.04. The quantitative estimate of drug-likeness (QED) is 0.876. The van der Waals surface area contributed by atoms with Gasteiger partial charge in [0, 0.05) is 25.5 Å². The second-order valence-electron chi connectivity index (χ2n) is 4.47. The van der Waals surface area contributed by atoms with E-state index in [1.54, 1.807) is 22.9 Å². The molecule has 1 N–H and O–H groups in total. The molecule has 0 aliphatic heterocycles. The van der Waals surface area contributed by atoms with Gasteiger partial charge in [-0.05, 0) is 19.1 Å². The summed E-state index contributed by atoms with van der Waals surface area (Å²) >= 11 is 1.59. The molecule has 0 aromatic carbocycles. The van der Waals surface area contributed by atoms with Gasteiger partial charge in [0.1, 0.15) is 5.76 Å². The van der Waals surface area contributed by atoms with E-state index in [0.29, 0.717) is 18.8 Å². The number of hydrogen-bond acceptors (Lipinski definition) is 6. The summed E-state index contributed by atoms with van der Waals surface area (Å²) in [5, 5.41) is 3.17. The monoisotopic (exact) mass is 315 g/mol. The number of furan rings is 1. The van der Waals surface area contributed by atoms with Gasteiger partial charge in [-0.15, -0.1) is 11.3 Å². The van der Waals surface area contributed by atoms with E-state index >= 15 is 0 Å². The van der Waals surface area contributed by atoms with Crippen LogP contribution in [-0.2, 0) is 23.1 Å². The van der Waals surface area contributed by atoms with E-state index < -0.39 is 10.0 Å². The minimum Gasteiger partial charge on any atom is -0.447 e. The molecule has 0 spiro atoms. The summed E-state index contributed by atoms with van der Waals surface area (Å²) in [7, 11) is -0.551. The van der Waals surface area contributed by atoms with Crippen molar-refractivity contribution in [3.8, 4) is 0 Å². The van der Waals surface area contributed by atoms with Gasteiger partial charge < -0.3 is 9.73 Å². The maximum absolute atomic E-state index is 11.9. The molecule has 0 unspecified atom stereocenters. The molecule has 0 amide bonds. The maximum atomic E-state index is 11.9. The Kier molecular flexibility index (Phi) is 4.59.